The molecule has 0 heterocycles. The van der Waals surface area contributed by atoms with Gasteiger partial charge >= 0.3 is 12.1 Å². The van der Waals surface area contributed by atoms with Crippen molar-refractivity contribution in [3.05, 3.63) is 12.2 Å². The largest absolute Gasteiger partial charge is 0.467 e. The van der Waals surface area contributed by atoms with Crippen LogP contribution in [0.5, 0.6) is 0 Å². The predicted octanol–water partition coefficient (Wildman–Crippen LogP) is 1.68. The fourth-order valence-corrected chi connectivity index (χ4v) is 2.77. The lowest BCUT2D eigenvalue weighted by molar-refractivity contribution is -0.142. The minimum Gasteiger partial charge on any atom is -0.467 e. The van der Waals surface area contributed by atoms with Gasteiger partial charge in [-0.15, -0.1) is 0 Å². The van der Waals surface area contributed by atoms with Gasteiger partial charge in [0.25, 0.3) is 0 Å². The number of ether oxygens (including phenoxy) is 2. The molecule has 0 aromatic heterocycles. The van der Waals surface area contributed by atoms with Crippen LogP contribution in [-0.4, -0.2) is 47.6 Å². The maximum absolute atomic E-state index is 11.7. The number of carbonyl (C=O) groups is 3. The molecule has 2 atom stereocenters. The highest BCUT2D eigenvalue weighted by Gasteiger charge is 2.27. The summed E-state index contributed by atoms with van der Waals surface area (Å²) in [4.78, 5) is 34.6. The maximum atomic E-state index is 11.7. The minimum atomic E-state index is -0.807. The number of methoxy groups -OCH3 is 1. The van der Waals surface area contributed by atoms with Gasteiger partial charge in [-0.05, 0) is 26.8 Å². The topological polar surface area (TPSA) is 81.7 Å². The van der Waals surface area contributed by atoms with Gasteiger partial charge in [-0.1, -0.05) is 6.08 Å². The van der Waals surface area contributed by atoms with E-state index in [9.17, 15) is 14.4 Å². The van der Waals surface area contributed by atoms with E-state index < -0.39 is 23.7 Å². The molecule has 0 saturated heterocycles. The highest BCUT2D eigenvalue weighted by molar-refractivity contribution is 8.00. The van der Waals surface area contributed by atoms with E-state index in [1.807, 2.05) is 0 Å². The molecule has 0 bridgehead atoms. The molecular formula is C14H21NO5S. The molecule has 0 aromatic rings. The van der Waals surface area contributed by atoms with Gasteiger partial charge in [0.1, 0.15) is 11.6 Å². The summed E-state index contributed by atoms with van der Waals surface area (Å²) in [6.45, 7) is 5.22. The molecule has 1 aliphatic rings. The predicted molar refractivity (Wildman–Crippen MR) is 80.2 cm³/mol. The normalized spacial score (nSPS) is 19.2. The number of esters is 1. The lowest BCUT2D eigenvalue weighted by Crippen LogP contribution is -2.45. The summed E-state index contributed by atoms with van der Waals surface area (Å²) < 4.78 is 9.79. The molecule has 0 radical (unpaired) electrons. The zero-order chi connectivity index (χ0) is 16.0. The molecule has 1 amide bonds. The Balaban J connectivity index is 2.52. The van der Waals surface area contributed by atoms with Crippen molar-refractivity contribution in [3.8, 4) is 0 Å². The molecule has 0 spiro atoms. The smallest absolute Gasteiger partial charge is 0.408 e. The van der Waals surface area contributed by atoms with E-state index in [0.717, 1.165) is 0 Å². The fourth-order valence-electron chi connectivity index (χ4n) is 1.64. The number of ketones is 1. The molecule has 118 valence electrons. The van der Waals surface area contributed by atoms with Crippen LogP contribution in [0, 0.1) is 0 Å². The molecule has 1 N–H and O–H groups in total. The summed E-state index contributed by atoms with van der Waals surface area (Å²) in [5, 5.41) is 2.53. The number of thioether (sulfide) groups is 1. The van der Waals surface area contributed by atoms with E-state index in [-0.39, 0.29) is 11.0 Å². The van der Waals surface area contributed by atoms with Crippen LogP contribution >= 0.6 is 11.8 Å². The van der Waals surface area contributed by atoms with E-state index in [0.29, 0.717) is 12.2 Å². The third kappa shape index (κ3) is 6.66. The minimum absolute atomic E-state index is 0.0325. The second-order valence-corrected chi connectivity index (χ2v) is 6.90. The Morgan fingerprint density at radius 3 is 2.62 bits per heavy atom. The first kappa shape index (κ1) is 17.6. The molecule has 7 heteroatoms. The Hall–Kier alpha value is -1.50. The van der Waals surface area contributed by atoms with Crippen molar-refractivity contribution in [1.82, 2.24) is 5.32 Å². The SMILES string of the molecule is COC(=O)[C@H](CS[C@H]1C=CC(=O)C1)NC(=O)OC(C)(C)C. The lowest BCUT2D eigenvalue weighted by Gasteiger charge is -2.22. The first-order valence-corrected chi connectivity index (χ1v) is 7.66. The van der Waals surface area contributed by atoms with Gasteiger partial charge in [0.15, 0.2) is 5.78 Å². The zero-order valence-electron chi connectivity index (χ0n) is 12.7. The van der Waals surface area contributed by atoms with E-state index >= 15 is 0 Å². The molecule has 0 aliphatic heterocycles. The van der Waals surface area contributed by atoms with Crippen molar-refractivity contribution >= 4 is 29.6 Å². The fraction of sp³-hybridized carbons (Fsp3) is 0.643. The third-order valence-electron chi connectivity index (χ3n) is 2.55. The summed E-state index contributed by atoms with van der Waals surface area (Å²) in [5.41, 5.74) is -0.640. The number of rotatable bonds is 5. The number of carbonyl (C=O) groups excluding carboxylic acids is 3. The second-order valence-electron chi connectivity index (χ2n) is 5.62. The number of alkyl carbamates (subject to hydrolysis) is 1. The van der Waals surface area contributed by atoms with E-state index in [4.69, 9.17) is 4.74 Å². The molecular weight excluding hydrogens is 294 g/mol. The summed E-state index contributed by atoms with van der Waals surface area (Å²) in [6, 6.07) is -0.807. The van der Waals surface area contributed by atoms with Gasteiger partial charge in [-0.25, -0.2) is 9.59 Å². The highest BCUT2D eigenvalue weighted by atomic mass is 32.2. The molecule has 6 nitrogen and oxygen atoms in total. The van der Waals surface area contributed by atoms with Gasteiger partial charge in [0.2, 0.25) is 0 Å². The Kier molecular flexibility index (Phi) is 6.26. The van der Waals surface area contributed by atoms with Crippen LogP contribution in [0.25, 0.3) is 0 Å². The third-order valence-corrected chi connectivity index (χ3v) is 3.83. The van der Waals surface area contributed by atoms with Crippen molar-refractivity contribution in [2.75, 3.05) is 12.9 Å². The monoisotopic (exact) mass is 315 g/mol. The van der Waals surface area contributed by atoms with Gasteiger partial charge in [-0.3, -0.25) is 4.79 Å². The number of amides is 1. The maximum Gasteiger partial charge on any atom is 0.408 e. The average molecular weight is 315 g/mol. The van der Waals surface area contributed by atoms with Crippen molar-refractivity contribution < 1.29 is 23.9 Å². The van der Waals surface area contributed by atoms with Crippen LogP contribution in [0.2, 0.25) is 0 Å². The molecule has 0 fully saturated rings. The molecule has 21 heavy (non-hydrogen) atoms. The first-order valence-electron chi connectivity index (χ1n) is 6.61. The van der Waals surface area contributed by atoms with Crippen LogP contribution in [0.1, 0.15) is 27.2 Å². The van der Waals surface area contributed by atoms with Crippen molar-refractivity contribution in [2.45, 2.75) is 44.1 Å². The molecule has 0 unspecified atom stereocenters. The van der Waals surface area contributed by atoms with E-state index in [1.54, 1.807) is 26.8 Å². The Morgan fingerprint density at radius 1 is 1.48 bits per heavy atom. The Bertz CT molecular complexity index is 441. The van der Waals surface area contributed by atoms with Gasteiger partial charge in [-0.2, -0.15) is 11.8 Å². The van der Waals surface area contributed by atoms with Crippen molar-refractivity contribution in [3.63, 3.8) is 0 Å². The molecule has 1 aliphatic carbocycles. The van der Waals surface area contributed by atoms with Crippen LogP contribution in [0.15, 0.2) is 12.2 Å². The number of hydrogen-bond acceptors (Lipinski definition) is 6. The summed E-state index contributed by atoms with van der Waals surface area (Å²) in [5.74, 6) is -0.155. The Labute approximate surface area is 128 Å². The quantitative estimate of drug-likeness (QED) is 0.777. The van der Waals surface area contributed by atoms with Crippen molar-refractivity contribution in [2.24, 2.45) is 0 Å². The zero-order valence-corrected chi connectivity index (χ0v) is 13.5. The Morgan fingerprint density at radius 2 is 2.14 bits per heavy atom. The van der Waals surface area contributed by atoms with Crippen LogP contribution < -0.4 is 5.32 Å². The summed E-state index contributed by atoms with van der Waals surface area (Å²) in [6.07, 6.45) is 3.09. The number of allylic oxidation sites excluding steroid dienone is 1. The van der Waals surface area contributed by atoms with Crippen LogP contribution in [-0.2, 0) is 19.1 Å². The summed E-state index contributed by atoms with van der Waals surface area (Å²) in [7, 11) is 1.26. The molecule has 0 saturated carbocycles. The van der Waals surface area contributed by atoms with Gasteiger partial charge in [0, 0.05) is 17.4 Å². The number of hydrogen-bond donors (Lipinski definition) is 1. The average Bonchev–Trinajstić information content (AvgIpc) is 2.77. The lowest BCUT2D eigenvalue weighted by atomic mass is 10.2. The van der Waals surface area contributed by atoms with E-state index in [1.165, 1.54) is 24.9 Å². The highest BCUT2D eigenvalue weighted by Crippen LogP contribution is 2.22. The van der Waals surface area contributed by atoms with E-state index in [2.05, 4.69) is 10.1 Å². The van der Waals surface area contributed by atoms with Gasteiger partial charge in [0.05, 0.1) is 7.11 Å². The summed E-state index contributed by atoms with van der Waals surface area (Å²) >= 11 is 1.42. The van der Waals surface area contributed by atoms with Crippen LogP contribution in [0.4, 0.5) is 4.79 Å². The standard InChI is InChI=1S/C14H21NO5S/c1-14(2,3)20-13(18)15-11(12(17)19-4)8-21-10-6-5-9(16)7-10/h5-6,10-11H,7-8H2,1-4H3,(H,15,18)/t10-,11-/m0/s1. The molecule has 0 aromatic carbocycles. The van der Waals surface area contributed by atoms with Gasteiger partial charge < -0.3 is 14.8 Å². The second kappa shape index (κ2) is 7.49. The molecule has 1 rings (SSSR count). The first-order chi connectivity index (χ1) is 9.71. The van der Waals surface area contributed by atoms with Crippen LogP contribution in [0.3, 0.4) is 0 Å². The van der Waals surface area contributed by atoms with Crippen molar-refractivity contribution in [1.29, 1.82) is 0 Å². The number of nitrogens with one attached hydrogen (secondary N) is 1.